The fourth-order valence-corrected chi connectivity index (χ4v) is 3.68. The quantitative estimate of drug-likeness (QED) is 0.571. The molecule has 3 rings (SSSR count). The second kappa shape index (κ2) is 9.42. The van der Waals surface area contributed by atoms with Crippen molar-refractivity contribution in [2.24, 2.45) is 0 Å². The fraction of sp³-hybridized carbons (Fsp3) is 0.348. The summed E-state index contributed by atoms with van der Waals surface area (Å²) in [6.45, 7) is 2.99. The molecule has 1 heterocycles. The molecular formula is C23H28NO4+. The second-order valence-corrected chi connectivity index (χ2v) is 7.11. The van der Waals surface area contributed by atoms with Crippen molar-refractivity contribution in [1.82, 2.24) is 0 Å². The van der Waals surface area contributed by atoms with E-state index in [9.17, 15) is 9.90 Å². The molecule has 0 bridgehead atoms. The number of ketones is 1. The Bertz CT molecular complexity index is 854. The first-order chi connectivity index (χ1) is 13.6. The molecule has 1 saturated heterocycles. The number of nitrogens with one attached hydrogen (secondary N) is 1. The molecule has 0 amide bonds. The number of benzene rings is 2. The number of phenols is 1. The van der Waals surface area contributed by atoms with Crippen molar-refractivity contribution in [3.63, 3.8) is 0 Å². The number of aromatic hydroxyl groups is 1. The molecule has 0 atom stereocenters. The average molecular weight is 382 g/mol. The van der Waals surface area contributed by atoms with E-state index in [4.69, 9.17) is 9.47 Å². The molecule has 0 radical (unpaired) electrons. The lowest BCUT2D eigenvalue weighted by Crippen LogP contribution is -3.11. The molecule has 0 saturated carbocycles. The topological polar surface area (TPSA) is 60.2 Å². The lowest BCUT2D eigenvalue weighted by molar-refractivity contribution is -0.918. The predicted molar refractivity (Wildman–Crippen MR) is 109 cm³/mol. The molecule has 2 aromatic carbocycles. The van der Waals surface area contributed by atoms with Crippen LogP contribution in [-0.4, -0.2) is 38.2 Å². The highest BCUT2D eigenvalue weighted by Crippen LogP contribution is 2.31. The van der Waals surface area contributed by atoms with E-state index in [2.05, 4.69) is 0 Å². The summed E-state index contributed by atoms with van der Waals surface area (Å²) in [7, 11) is 3.16. The van der Waals surface area contributed by atoms with E-state index in [0.29, 0.717) is 17.1 Å². The number of piperidine rings is 1. The summed E-state index contributed by atoms with van der Waals surface area (Å²) in [4.78, 5) is 14.1. The Morgan fingerprint density at radius 3 is 2.61 bits per heavy atom. The van der Waals surface area contributed by atoms with Gasteiger partial charge in [0.2, 0.25) is 0 Å². The van der Waals surface area contributed by atoms with Crippen LogP contribution in [-0.2, 0) is 6.54 Å². The van der Waals surface area contributed by atoms with E-state index in [1.165, 1.54) is 30.2 Å². The fourth-order valence-electron chi connectivity index (χ4n) is 3.68. The molecule has 1 aliphatic heterocycles. The molecule has 1 aliphatic rings. The zero-order chi connectivity index (χ0) is 19.9. The van der Waals surface area contributed by atoms with Crippen LogP contribution in [0.4, 0.5) is 0 Å². The minimum atomic E-state index is -0.111. The first-order valence-electron chi connectivity index (χ1n) is 9.71. The highest BCUT2D eigenvalue weighted by Gasteiger charge is 2.17. The van der Waals surface area contributed by atoms with Crippen molar-refractivity contribution in [2.75, 3.05) is 27.3 Å². The van der Waals surface area contributed by atoms with Crippen molar-refractivity contribution in [3.05, 3.63) is 59.2 Å². The minimum Gasteiger partial charge on any atom is -0.507 e. The van der Waals surface area contributed by atoms with Crippen LogP contribution in [0.1, 0.15) is 40.7 Å². The van der Waals surface area contributed by atoms with Gasteiger partial charge in [0.1, 0.15) is 12.3 Å². The summed E-state index contributed by atoms with van der Waals surface area (Å²) in [5, 5.41) is 10.2. The van der Waals surface area contributed by atoms with Gasteiger partial charge < -0.3 is 19.5 Å². The number of carbonyl (C=O) groups excluding carboxylic acids is 1. The Hall–Kier alpha value is -2.79. The van der Waals surface area contributed by atoms with Crippen LogP contribution < -0.4 is 14.4 Å². The summed E-state index contributed by atoms with van der Waals surface area (Å²) in [5.41, 5.74) is 2.17. The zero-order valence-electron chi connectivity index (χ0n) is 16.5. The third-order valence-electron chi connectivity index (χ3n) is 5.21. The number of likely N-dealkylation sites (tertiary alicyclic amines) is 1. The molecule has 1 fully saturated rings. The molecule has 2 aromatic rings. The Labute approximate surface area is 166 Å². The van der Waals surface area contributed by atoms with Gasteiger partial charge in [-0.1, -0.05) is 12.1 Å². The third-order valence-corrected chi connectivity index (χ3v) is 5.21. The van der Waals surface area contributed by atoms with Crippen LogP contribution in [0.5, 0.6) is 17.2 Å². The van der Waals surface area contributed by atoms with Crippen LogP contribution >= 0.6 is 0 Å². The van der Waals surface area contributed by atoms with Crippen LogP contribution in [0, 0.1) is 0 Å². The van der Waals surface area contributed by atoms with Gasteiger partial charge in [-0.05, 0) is 55.7 Å². The van der Waals surface area contributed by atoms with Crippen LogP contribution in [0.25, 0.3) is 6.08 Å². The number of methoxy groups -OCH3 is 2. The van der Waals surface area contributed by atoms with Gasteiger partial charge in [0.05, 0.1) is 27.3 Å². The SMILES string of the molecule is COc1cccc(/C=C/C(=O)c2ccc(O)c(C[NH+]3CCCCC3)c2)c1OC. The van der Waals surface area contributed by atoms with Crippen LogP contribution in [0.3, 0.4) is 0 Å². The Balaban J connectivity index is 1.77. The number of phenolic OH excluding ortho intramolecular Hbond substituents is 1. The largest absolute Gasteiger partial charge is 0.507 e. The molecule has 28 heavy (non-hydrogen) atoms. The van der Waals surface area contributed by atoms with Gasteiger partial charge in [-0.3, -0.25) is 4.79 Å². The third kappa shape index (κ3) is 4.73. The van der Waals surface area contributed by atoms with E-state index in [0.717, 1.165) is 30.8 Å². The monoisotopic (exact) mass is 382 g/mol. The standard InChI is InChI=1S/C23H27NO4/c1-27-22-8-6-7-17(23(22)28-2)9-11-20(25)18-10-12-21(26)19(15-18)16-24-13-4-3-5-14-24/h6-12,15,26H,3-5,13-14,16H2,1-2H3/p+1/b11-9+. The Morgan fingerprint density at radius 2 is 1.89 bits per heavy atom. The number of hydrogen-bond acceptors (Lipinski definition) is 4. The van der Waals surface area contributed by atoms with Crippen molar-refractivity contribution < 1.29 is 24.3 Å². The zero-order valence-corrected chi connectivity index (χ0v) is 16.5. The van der Waals surface area contributed by atoms with Gasteiger partial charge in [-0.2, -0.15) is 0 Å². The predicted octanol–water partition coefficient (Wildman–Crippen LogP) is 2.87. The summed E-state index contributed by atoms with van der Waals surface area (Å²) in [5.74, 6) is 1.36. The molecule has 2 N–H and O–H groups in total. The summed E-state index contributed by atoms with van der Waals surface area (Å²) in [6, 6.07) is 10.6. The van der Waals surface area contributed by atoms with Crippen molar-refractivity contribution in [1.29, 1.82) is 0 Å². The number of quaternary nitrogens is 1. The van der Waals surface area contributed by atoms with E-state index in [-0.39, 0.29) is 11.5 Å². The minimum absolute atomic E-state index is 0.111. The summed E-state index contributed by atoms with van der Waals surface area (Å²) >= 11 is 0. The number of para-hydroxylation sites is 1. The number of rotatable bonds is 7. The van der Waals surface area contributed by atoms with Gasteiger partial charge in [0, 0.05) is 16.7 Å². The number of allylic oxidation sites excluding steroid dienone is 1. The van der Waals surface area contributed by atoms with Gasteiger partial charge in [-0.15, -0.1) is 0 Å². The van der Waals surface area contributed by atoms with Crippen molar-refractivity contribution >= 4 is 11.9 Å². The Morgan fingerprint density at radius 1 is 1.11 bits per heavy atom. The van der Waals surface area contributed by atoms with Gasteiger partial charge >= 0.3 is 0 Å². The molecule has 5 heteroatoms. The molecule has 0 unspecified atom stereocenters. The molecule has 148 valence electrons. The first-order valence-corrected chi connectivity index (χ1v) is 9.71. The maximum absolute atomic E-state index is 12.7. The van der Waals surface area contributed by atoms with E-state index < -0.39 is 0 Å². The molecule has 0 aromatic heterocycles. The molecule has 5 nitrogen and oxygen atoms in total. The maximum Gasteiger partial charge on any atom is 0.185 e. The van der Waals surface area contributed by atoms with Crippen LogP contribution in [0.15, 0.2) is 42.5 Å². The summed E-state index contributed by atoms with van der Waals surface area (Å²) in [6.07, 6.45) is 6.99. The lowest BCUT2D eigenvalue weighted by atomic mass is 10.0. The summed E-state index contributed by atoms with van der Waals surface area (Å²) < 4.78 is 10.7. The molecule has 0 aliphatic carbocycles. The lowest BCUT2D eigenvalue weighted by Gasteiger charge is -2.23. The first kappa shape index (κ1) is 20.0. The van der Waals surface area contributed by atoms with Crippen molar-refractivity contribution in [2.45, 2.75) is 25.8 Å². The number of carbonyl (C=O) groups is 1. The van der Waals surface area contributed by atoms with E-state index in [1.54, 1.807) is 32.4 Å². The Kier molecular flexibility index (Phi) is 6.71. The average Bonchev–Trinajstić information content (AvgIpc) is 2.73. The van der Waals surface area contributed by atoms with Gasteiger partial charge in [-0.25, -0.2) is 0 Å². The van der Waals surface area contributed by atoms with E-state index in [1.807, 2.05) is 24.3 Å². The molecular weight excluding hydrogens is 354 g/mol. The maximum atomic E-state index is 12.7. The highest BCUT2D eigenvalue weighted by molar-refractivity contribution is 6.07. The van der Waals surface area contributed by atoms with Gasteiger partial charge in [0.25, 0.3) is 0 Å². The van der Waals surface area contributed by atoms with Crippen LogP contribution in [0.2, 0.25) is 0 Å². The van der Waals surface area contributed by atoms with E-state index >= 15 is 0 Å². The number of ether oxygens (including phenoxy) is 2. The number of hydrogen-bond donors (Lipinski definition) is 2. The second-order valence-electron chi connectivity index (χ2n) is 7.11. The van der Waals surface area contributed by atoms with Crippen molar-refractivity contribution in [3.8, 4) is 17.2 Å². The molecule has 0 spiro atoms. The smallest absolute Gasteiger partial charge is 0.185 e. The van der Waals surface area contributed by atoms with Gasteiger partial charge in [0.15, 0.2) is 17.3 Å². The normalized spacial score (nSPS) is 14.9. The highest BCUT2D eigenvalue weighted by atomic mass is 16.5.